The van der Waals surface area contributed by atoms with E-state index in [0.717, 1.165) is 25.8 Å². The Balaban J connectivity index is 1.96. The second-order valence-corrected chi connectivity index (χ2v) is 11.3. The molecule has 0 N–H and O–H groups in total. The number of thiazole rings is 1. The minimum absolute atomic E-state index is 0.226. The van der Waals surface area contributed by atoms with Gasteiger partial charge >= 0.3 is 5.97 Å². The second-order valence-electron chi connectivity index (χ2n) is 8.53. The Bertz CT molecular complexity index is 1560. The highest BCUT2D eigenvalue weighted by Crippen LogP contribution is 2.34. The highest BCUT2D eigenvalue weighted by molar-refractivity contribution is 9.11. The Hall–Kier alpha value is -2.69. The Morgan fingerprint density at radius 1 is 1.16 bits per heavy atom. The average molecular weight is 649 g/mol. The van der Waals surface area contributed by atoms with Crippen molar-refractivity contribution >= 4 is 60.9 Å². The summed E-state index contributed by atoms with van der Waals surface area (Å²) in [6, 6.07) is 11.0. The molecule has 37 heavy (non-hydrogen) atoms. The molecule has 0 fully saturated rings. The summed E-state index contributed by atoms with van der Waals surface area (Å²) in [6.45, 7) is 6.16. The Kier molecular flexibility index (Phi) is 8.40. The maximum atomic E-state index is 13.9. The number of halogens is 2. The largest absolute Gasteiger partial charge is 0.492 e. The number of aromatic nitrogens is 1. The van der Waals surface area contributed by atoms with E-state index in [1.54, 1.807) is 24.5 Å². The first-order valence-corrected chi connectivity index (χ1v) is 14.1. The summed E-state index contributed by atoms with van der Waals surface area (Å²) in [6.07, 6.45) is 1.81. The van der Waals surface area contributed by atoms with E-state index in [2.05, 4.69) is 36.9 Å². The second kappa shape index (κ2) is 11.4. The van der Waals surface area contributed by atoms with E-state index in [4.69, 9.17) is 9.47 Å². The van der Waals surface area contributed by atoms with E-state index in [-0.39, 0.29) is 12.2 Å². The Morgan fingerprint density at radius 2 is 1.86 bits per heavy atom. The van der Waals surface area contributed by atoms with Crippen LogP contribution in [-0.4, -0.2) is 37.8 Å². The van der Waals surface area contributed by atoms with E-state index in [9.17, 15) is 9.59 Å². The molecule has 10 heteroatoms. The molecule has 0 saturated carbocycles. The SMILES string of the molecule is CCOC(=O)C1=C(C)N=c2s/c(=C\c3cc(Br)cc(Br)c3OCC)c(=O)n2[C@H]1c1ccc(N(C)C)cc1. The Morgan fingerprint density at radius 3 is 2.49 bits per heavy atom. The number of hydrogen-bond donors (Lipinski definition) is 0. The van der Waals surface area contributed by atoms with Gasteiger partial charge in [-0.25, -0.2) is 9.79 Å². The van der Waals surface area contributed by atoms with E-state index in [0.29, 0.717) is 33.0 Å². The van der Waals surface area contributed by atoms with Crippen molar-refractivity contribution in [2.45, 2.75) is 26.8 Å². The third-order valence-corrected chi connectivity index (χ3v) is 7.88. The van der Waals surface area contributed by atoms with Gasteiger partial charge in [0.15, 0.2) is 4.80 Å². The van der Waals surface area contributed by atoms with Crippen LogP contribution in [0.1, 0.15) is 37.9 Å². The fourth-order valence-electron chi connectivity index (χ4n) is 4.19. The van der Waals surface area contributed by atoms with Crippen molar-refractivity contribution in [3.8, 4) is 5.75 Å². The molecule has 3 aromatic rings. The predicted octanol–water partition coefficient (Wildman–Crippen LogP) is 4.79. The summed E-state index contributed by atoms with van der Waals surface area (Å²) in [5.74, 6) is 0.171. The predicted molar refractivity (Wildman–Crippen MR) is 154 cm³/mol. The van der Waals surface area contributed by atoms with Crippen molar-refractivity contribution < 1.29 is 14.3 Å². The van der Waals surface area contributed by atoms with E-state index < -0.39 is 12.0 Å². The van der Waals surface area contributed by atoms with Crippen LogP contribution < -0.4 is 24.5 Å². The van der Waals surface area contributed by atoms with Crippen molar-refractivity contribution in [3.63, 3.8) is 0 Å². The van der Waals surface area contributed by atoms with Gasteiger partial charge in [-0.3, -0.25) is 9.36 Å². The average Bonchev–Trinajstić information content (AvgIpc) is 3.14. The van der Waals surface area contributed by atoms with Crippen LogP contribution >= 0.6 is 43.2 Å². The van der Waals surface area contributed by atoms with Crippen LogP contribution in [0.15, 0.2) is 66.4 Å². The number of carbonyl (C=O) groups is 1. The zero-order valence-electron chi connectivity index (χ0n) is 21.2. The lowest BCUT2D eigenvalue weighted by molar-refractivity contribution is -0.139. The Labute approximate surface area is 236 Å². The van der Waals surface area contributed by atoms with Gasteiger partial charge in [0.2, 0.25) is 0 Å². The van der Waals surface area contributed by atoms with Crippen LogP contribution in [0.5, 0.6) is 5.75 Å². The molecule has 0 unspecified atom stereocenters. The minimum Gasteiger partial charge on any atom is -0.492 e. The van der Waals surface area contributed by atoms with E-state index in [1.807, 2.05) is 62.3 Å². The fourth-order valence-corrected chi connectivity index (χ4v) is 6.60. The third-order valence-electron chi connectivity index (χ3n) is 5.85. The molecule has 2 aromatic carbocycles. The van der Waals surface area contributed by atoms with Crippen LogP contribution in [0.3, 0.4) is 0 Å². The molecule has 1 atom stereocenters. The lowest BCUT2D eigenvalue weighted by Gasteiger charge is -2.25. The summed E-state index contributed by atoms with van der Waals surface area (Å²) >= 11 is 8.36. The summed E-state index contributed by atoms with van der Waals surface area (Å²) < 4.78 is 14.9. The van der Waals surface area contributed by atoms with Crippen molar-refractivity contribution in [1.29, 1.82) is 0 Å². The topological polar surface area (TPSA) is 73.1 Å². The summed E-state index contributed by atoms with van der Waals surface area (Å²) in [4.78, 5) is 34.1. The highest BCUT2D eigenvalue weighted by Gasteiger charge is 2.33. The normalized spacial score (nSPS) is 15.3. The van der Waals surface area contributed by atoms with Gasteiger partial charge in [-0.05, 0) is 72.6 Å². The zero-order chi connectivity index (χ0) is 26.9. The van der Waals surface area contributed by atoms with Crippen molar-refractivity contribution in [1.82, 2.24) is 4.57 Å². The van der Waals surface area contributed by atoms with Gasteiger partial charge in [0, 0.05) is 29.8 Å². The van der Waals surface area contributed by atoms with Crippen molar-refractivity contribution in [2.24, 2.45) is 4.99 Å². The molecule has 1 aromatic heterocycles. The number of benzene rings is 2. The van der Waals surface area contributed by atoms with Crippen LogP contribution in [0.2, 0.25) is 0 Å². The third kappa shape index (κ3) is 5.46. The number of fused-ring (bicyclic) bond motifs is 1. The molecule has 194 valence electrons. The number of rotatable bonds is 7. The molecule has 0 amide bonds. The van der Waals surface area contributed by atoms with Crippen LogP contribution in [0.25, 0.3) is 6.08 Å². The van der Waals surface area contributed by atoms with Crippen molar-refractivity contribution in [3.05, 3.63) is 87.4 Å². The smallest absolute Gasteiger partial charge is 0.338 e. The lowest BCUT2D eigenvalue weighted by Crippen LogP contribution is -2.40. The lowest BCUT2D eigenvalue weighted by atomic mass is 9.95. The van der Waals surface area contributed by atoms with Gasteiger partial charge in [-0.15, -0.1) is 0 Å². The van der Waals surface area contributed by atoms with Crippen LogP contribution in [0.4, 0.5) is 5.69 Å². The number of carbonyl (C=O) groups excluding carboxylic acids is 1. The maximum Gasteiger partial charge on any atom is 0.338 e. The number of anilines is 1. The summed E-state index contributed by atoms with van der Waals surface area (Å²) in [7, 11) is 3.92. The molecule has 0 spiro atoms. The molecule has 0 aliphatic carbocycles. The first-order valence-electron chi connectivity index (χ1n) is 11.7. The molecule has 1 aliphatic rings. The van der Waals surface area contributed by atoms with Gasteiger partial charge < -0.3 is 14.4 Å². The van der Waals surface area contributed by atoms with Gasteiger partial charge in [-0.2, -0.15) is 0 Å². The number of ether oxygens (including phenoxy) is 2. The molecule has 0 radical (unpaired) electrons. The summed E-state index contributed by atoms with van der Waals surface area (Å²) in [5.41, 5.74) is 3.22. The molecule has 7 nitrogen and oxygen atoms in total. The van der Waals surface area contributed by atoms with Crippen molar-refractivity contribution in [2.75, 3.05) is 32.2 Å². The molecule has 2 heterocycles. The summed E-state index contributed by atoms with van der Waals surface area (Å²) in [5, 5.41) is 0. The zero-order valence-corrected chi connectivity index (χ0v) is 25.2. The van der Waals surface area contributed by atoms with E-state index in [1.165, 1.54) is 11.3 Å². The van der Waals surface area contributed by atoms with Gasteiger partial charge in [-0.1, -0.05) is 39.4 Å². The molecule has 4 rings (SSSR count). The molecule has 0 bridgehead atoms. The number of allylic oxidation sites excluding steroid dienone is 1. The molecular weight excluding hydrogens is 622 g/mol. The van der Waals surface area contributed by atoms with Gasteiger partial charge in [0.05, 0.1) is 39.5 Å². The number of nitrogens with zero attached hydrogens (tertiary/aromatic N) is 3. The number of esters is 1. The fraction of sp³-hybridized carbons (Fsp3) is 0.296. The first-order chi connectivity index (χ1) is 17.7. The van der Waals surface area contributed by atoms with Gasteiger partial charge in [0.25, 0.3) is 5.56 Å². The minimum atomic E-state index is -0.658. The monoisotopic (exact) mass is 647 g/mol. The standard InChI is InChI=1S/C27H27Br2N3O4S/c1-6-35-24-17(12-18(28)14-20(24)29)13-21-25(33)32-23(16-8-10-19(11-9-16)31(4)5)22(26(34)36-7-2)15(3)30-27(32)37-21/h8-14,23H,6-7H2,1-5H3/b21-13-/t23-/m0/s1. The maximum absolute atomic E-state index is 13.9. The molecule has 0 saturated heterocycles. The quantitative estimate of drug-likeness (QED) is 0.345. The first kappa shape index (κ1) is 27.3. The van der Waals surface area contributed by atoms with E-state index >= 15 is 0 Å². The number of hydrogen-bond acceptors (Lipinski definition) is 7. The van der Waals surface area contributed by atoms with Crippen LogP contribution in [0, 0.1) is 0 Å². The van der Waals surface area contributed by atoms with Crippen LogP contribution in [-0.2, 0) is 9.53 Å². The van der Waals surface area contributed by atoms with Gasteiger partial charge in [0.1, 0.15) is 5.75 Å². The molecule has 1 aliphatic heterocycles. The highest BCUT2D eigenvalue weighted by atomic mass is 79.9. The molecular formula is C27H27Br2N3O4S.